The summed E-state index contributed by atoms with van der Waals surface area (Å²) in [6.45, 7) is 4.05. The average Bonchev–Trinajstić information content (AvgIpc) is 3.26. The molecule has 1 N–H and O–H groups in total. The Bertz CT molecular complexity index is 722. The molecule has 1 aromatic rings. The van der Waals surface area contributed by atoms with E-state index in [-0.39, 0.29) is 16.7 Å². The van der Waals surface area contributed by atoms with Gasteiger partial charge in [0.05, 0.1) is 16.2 Å². The Balaban J connectivity index is 1.57. The van der Waals surface area contributed by atoms with Crippen molar-refractivity contribution in [2.75, 3.05) is 29.1 Å². The zero-order valence-corrected chi connectivity index (χ0v) is 15.8. The molecule has 5 nitrogen and oxygen atoms in total. The standard InChI is InChI=1S/C18H22ClN3O2S/c1-18-7-6-16(23)22(18)15(11-25-18)17(24)20-13-10-12(19)4-5-14(13)21-8-2-3-9-21/h4-5,10,15H,2-3,6-9,11H2,1H3,(H,20,24)/t15-,18+/m0/s1. The van der Waals surface area contributed by atoms with Gasteiger partial charge in [-0.2, -0.15) is 0 Å². The van der Waals surface area contributed by atoms with Crippen LogP contribution in [0.1, 0.15) is 32.6 Å². The van der Waals surface area contributed by atoms with Crippen LogP contribution in [0.5, 0.6) is 0 Å². The van der Waals surface area contributed by atoms with Crippen LogP contribution in [0.25, 0.3) is 0 Å². The fourth-order valence-corrected chi connectivity index (χ4v) is 5.68. The van der Waals surface area contributed by atoms with Crippen molar-refractivity contribution < 1.29 is 9.59 Å². The van der Waals surface area contributed by atoms with Gasteiger partial charge in [0.2, 0.25) is 11.8 Å². The van der Waals surface area contributed by atoms with E-state index in [1.165, 1.54) is 0 Å². The smallest absolute Gasteiger partial charge is 0.248 e. The molecule has 7 heteroatoms. The topological polar surface area (TPSA) is 52.7 Å². The number of hydrogen-bond donors (Lipinski definition) is 1. The van der Waals surface area contributed by atoms with Gasteiger partial charge in [0.15, 0.2) is 0 Å². The highest BCUT2D eigenvalue weighted by Crippen LogP contribution is 2.47. The van der Waals surface area contributed by atoms with Gasteiger partial charge in [0.1, 0.15) is 6.04 Å². The molecule has 0 saturated carbocycles. The molecule has 0 bridgehead atoms. The highest BCUT2D eigenvalue weighted by Gasteiger charge is 2.52. The number of nitrogens with one attached hydrogen (secondary N) is 1. The third kappa shape index (κ3) is 2.99. The lowest BCUT2D eigenvalue weighted by atomic mass is 10.2. The van der Waals surface area contributed by atoms with Crippen LogP contribution in [0.15, 0.2) is 18.2 Å². The Kier molecular flexibility index (Phi) is 4.36. The number of carbonyl (C=O) groups is 2. The average molecular weight is 380 g/mol. The van der Waals surface area contributed by atoms with Gasteiger partial charge in [0, 0.05) is 30.3 Å². The fourth-order valence-electron chi connectivity index (χ4n) is 4.07. The highest BCUT2D eigenvalue weighted by molar-refractivity contribution is 8.01. The summed E-state index contributed by atoms with van der Waals surface area (Å²) < 4.78 is 0. The van der Waals surface area contributed by atoms with E-state index in [9.17, 15) is 9.59 Å². The number of hydrogen-bond acceptors (Lipinski definition) is 4. The molecular formula is C18H22ClN3O2S. The molecule has 3 aliphatic rings. The number of halogens is 1. The maximum atomic E-state index is 12.9. The number of thioether (sulfide) groups is 1. The van der Waals surface area contributed by atoms with E-state index in [0.717, 1.165) is 43.7 Å². The van der Waals surface area contributed by atoms with Crippen LogP contribution in [-0.2, 0) is 9.59 Å². The van der Waals surface area contributed by atoms with Crippen molar-refractivity contribution in [2.24, 2.45) is 0 Å². The van der Waals surface area contributed by atoms with Crippen LogP contribution < -0.4 is 10.2 Å². The predicted molar refractivity (Wildman–Crippen MR) is 102 cm³/mol. The summed E-state index contributed by atoms with van der Waals surface area (Å²) in [5, 5.41) is 3.65. The summed E-state index contributed by atoms with van der Waals surface area (Å²) in [7, 11) is 0. The first-order chi connectivity index (χ1) is 12.0. The van der Waals surface area contributed by atoms with Gasteiger partial charge in [-0.25, -0.2) is 0 Å². The Morgan fingerprint density at radius 2 is 2.12 bits per heavy atom. The van der Waals surface area contributed by atoms with Gasteiger partial charge in [0.25, 0.3) is 0 Å². The number of amides is 2. The zero-order valence-electron chi connectivity index (χ0n) is 14.3. The van der Waals surface area contributed by atoms with Crippen molar-refractivity contribution in [3.8, 4) is 0 Å². The Labute approximate surface area is 157 Å². The van der Waals surface area contributed by atoms with Crippen LogP contribution in [0.4, 0.5) is 11.4 Å². The summed E-state index contributed by atoms with van der Waals surface area (Å²) in [6, 6.07) is 5.23. The lowest BCUT2D eigenvalue weighted by Gasteiger charge is -2.30. The highest BCUT2D eigenvalue weighted by atomic mass is 35.5. The molecule has 4 rings (SSSR count). The fraction of sp³-hybridized carbons (Fsp3) is 0.556. The van der Waals surface area contributed by atoms with Crippen LogP contribution in [0.3, 0.4) is 0 Å². The maximum absolute atomic E-state index is 12.9. The molecule has 3 saturated heterocycles. The molecule has 1 aromatic carbocycles. The Morgan fingerprint density at radius 1 is 1.36 bits per heavy atom. The molecule has 0 aliphatic carbocycles. The molecule has 0 radical (unpaired) electrons. The summed E-state index contributed by atoms with van der Waals surface area (Å²) in [4.78, 5) is 29.0. The number of fused-ring (bicyclic) bond motifs is 1. The van der Waals surface area contributed by atoms with Crippen LogP contribution >= 0.6 is 23.4 Å². The second-order valence-electron chi connectivity index (χ2n) is 7.11. The van der Waals surface area contributed by atoms with Gasteiger partial charge >= 0.3 is 0 Å². The monoisotopic (exact) mass is 379 g/mol. The van der Waals surface area contributed by atoms with Crippen LogP contribution in [0, 0.1) is 0 Å². The zero-order chi connectivity index (χ0) is 17.6. The first kappa shape index (κ1) is 17.0. The van der Waals surface area contributed by atoms with Crippen LogP contribution in [0.2, 0.25) is 5.02 Å². The Hall–Kier alpha value is -1.40. The largest absolute Gasteiger partial charge is 0.370 e. The van der Waals surface area contributed by atoms with E-state index in [1.807, 2.05) is 12.1 Å². The number of rotatable bonds is 3. The van der Waals surface area contributed by atoms with Crippen molar-refractivity contribution in [1.29, 1.82) is 0 Å². The predicted octanol–water partition coefficient (Wildman–Crippen LogP) is 3.33. The van der Waals surface area contributed by atoms with Gasteiger partial charge in [-0.15, -0.1) is 11.8 Å². The number of benzene rings is 1. The van der Waals surface area contributed by atoms with Crippen molar-refractivity contribution in [2.45, 2.75) is 43.5 Å². The molecule has 134 valence electrons. The van der Waals surface area contributed by atoms with Gasteiger partial charge in [-0.05, 0) is 44.4 Å². The minimum absolute atomic E-state index is 0.0820. The molecule has 25 heavy (non-hydrogen) atoms. The second kappa shape index (κ2) is 6.40. The molecule has 3 heterocycles. The van der Waals surface area contributed by atoms with Crippen molar-refractivity contribution in [1.82, 2.24) is 4.90 Å². The van der Waals surface area contributed by atoms with E-state index >= 15 is 0 Å². The molecular weight excluding hydrogens is 358 g/mol. The van der Waals surface area contributed by atoms with Crippen molar-refractivity contribution >= 4 is 46.6 Å². The summed E-state index contributed by atoms with van der Waals surface area (Å²) >= 11 is 7.87. The molecule has 0 aromatic heterocycles. The second-order valence-corrected chi connectivity index (χ2v) is 9.05. The number of anilines is 2. The van der Waals surface area contributed by atoms with E-state index in [4.69, 9.17) is 11.6 Å². The van der Waals surface area contributed by atoms with Crippen molar-refractivity contribution in [3.63, 3.8) is 0 Å². The number of carbonyl (C=O) groups excluding carboxylic acids is 2. The van der Waals surface area contributed by atoms with E-state index < -0.39 is 6.04 Å². The molecule has 2 atom stereocenters. The molecule has 0 unspecified atom stereocenters. The maximum Gasteiger partial charge on any atom is 0.248 e. The normalized spacial score (nSPS) is 28.6. The summed E-state index contributed by atoms with van der Waals surface area (Å²) in [5.41, 5.74) is 1.75. The van der Waals surface area contributed by atoms with Gasteiger partial charge < -0.3 is 15.1 Å². The summed E-state index contributed by atoms with van der Waals surface area (Å²) in [6.07, 6.45) is 3.67. The molecule has 2 amide bonds. The SMILES string of the molecule is C[C@@]12CCC(=O)N1[C@H](C(=O)Nc1cc(Cl)ccc1N1CCCC1)CS2. The quantitative estimate of drug-likeness (QED) is 0.875. The Morgan fingerprint density at radius 3 is 2.88 bits per heavy atom. The minimum atomic E-state index is -0.407. The van der Waals surface area contributed by atoms with E-state index in [1.54, 1.807) is 22.7 Å². The summed E-state index contributed by atoms with van der Waals surface area (Å²) in [5.74, 6) is 0.612. The van der Waals surface area contributed by atoms with Gasteiger partial charge in [-0.1, -0.05) is 11.6 Å². The van der Waals surface area contributed by atoms with E-state index in [0.29, 0.717) is 17.2 Å². The lowest BCUT2D eigenvalue weighted by molar-refractivity contribution is -0.135. The molecule has 3 aliphatic heterocycles. The lowest BCUT2D eigenvalue weighted by Crippen LogP contribution is -2.48. The molecule has 0 spiro atoms. The van der Waals surface area contributed by atoms with E-state index in [2.05, 4.69) is 17.1 Å². The first-order valence-electron chi connectivity index (χ1n) is 8.79. The van der Waals surface area contributed by atoms with Gasteiger partial charge in [-0.3, -0.25) is 9.59 Å². The van der Waals surface area contributed by atoms with Crippen LogP contribution in [-0.4, -0.2) is 46.5 Å². The third-order valence-electron chi connectivity index (χ3n) is 5.41. The minimum Gasteiger partial charge on any atom is -0.370 e. The van der Waals surface area contributed by atoms with Crippen molar-refractivity contribution in [3.05, 3.63) is 23.2 Å². The first-order valence-corrected chi connectivity index (χ1v) is 10.2. The molecule has 3 fully saturated rings. The third-order valence-corrected chi connectivity index (χ3v) is 7.15. The number of nitrogens with zero attached hydrogens (tertiary/aromatic N) is 2.